The highest BCUT2D eigenvalue weighted by molar-refractivity contribution is 5.96. The molecule has 3 aromatic heterocycles. The van der Waals surface area contributed by atoms with E-state index >= 15 is 0 Å². The predicted molar refractivity (Wildman–Crippen MR) is 109 cm³/mol. The maximum Gasteiger partial charge on any atom is 0.329 e. The van der Waals surface area contributed by atoms with Crippen molar-refractivity contribution in [3.63, 3.8) is 0 Å². The van der Waals surface area contributed by atoms with E-state index in [0.717, 1.165) is 29.5 Å². The number of aromatic nitrogens is 5. The van der Waals surface area contributed by atoms with Gasteiger partial charge in [-0.25, -0.2) is 14.8 Å². The molecule has 3 aromatic rings. The Morgan fingerprint density at radius 1 is 1.41 bits per heavy atom. The minimum atomic E-state index is -0.182. The monoisotopic (exact) mass is 390 g/mol. The Labute approximate surface area is 169 Å². The van der Waals surface area contributed by atoms with Crippen LogP contribution in [-0.4, -0.2) is 42.3 Å². The molecule has 0 aromatic carbocycles. The van der Waals surface area contributed by atoms with E-state index < -0.39 is 0 Å². The second kappa shape index (κ2) is 8.03. The molecule has 0 spiro atoms. The van der Waals surface area contributed by atoms with E-state index in [2.05, 4.69) is 21.1 Å². The summed E-state index contributed by atoms with van der Waals surface area (Å²) in [4.78, 5) is 22.8. The topological polar surface area (TPSA) is 92.6 Å². The smallest absolute Gasteiger partial charge is 0.322 e. The molecular formula is C21H24N7O. The van der Waals surface area contributed by atoms with Crippen molar-refractivity contribution in [2.75, 3.05) is 7.05 Å². The van der Waals surface area contributed by atoms with Gasteiger partial charge in [0.05, 0.1) is 37.0 Å². The molecule has 8 heteroatoms. The molecule has 0 unspecified atom stereocenters. The minimum absolute atomic E-state index is 0.0912. The summed E-state index contributed by atoms with van der Waals surface area (Å²) in [6, 6.07) is 4.08. The van der Waals surface area contributed by atoms with Crippen molar-refractivity contribution in [3.8, 4) is 17.3 Å². The van der Waals surface area contributed by atoms with Crippen molar-refractivity contribution in [1.82, 2.24) is 29.2 Å². The van der Waals surface area contributed by atoms with Crippen LogP contribution in [0.2, 0.25) is 0 Å². The second-order valence-electron chi connectivity index (χ2n) is 7.48. The van der Waals surface area contributed by atoms with Crippen LogP contribution in [-0.2, 0) is 0 Å². The lowest BCUT2D eigenvalue weighted by Gasteiger charge is -2.21. The van der Waals surface area contributed by atoms with Crippen molar-refractivity contribution in [2.45, 2.75) is 45.1 Å². The van der Waals surface area contributed by atoms with Crippen molar-refractivity contribution in [2.24, 2.45) is 5.92 Å². The van der Waals surface area contributed by atoms with Gasteiger partial charge in [0.15, 0.2) is 5.65 Å². The third-order valence-corrected chi connectivity index (χ3v) is 5.84. The van der Waals surface area contributed by atoms with Crippen LogP contribution in [0.4, 0.5) is 4.79 Å². The van der Waals surface area contributed by atoms with E-state index in [1.54, 1.807) is 32.9 Å². The van der Waals surface area contributed by atoms with Gasteiger partial charge in [-0.15, -0.1) is 0 Å². The van der Waals surface area contributed by atoms with E-state index in [1.165, 1.54) is 28.6 Å². The predicted octanol–water partition coefficient (Wildman–Crippen LogP) is 4.02. The highest BCUT2D eigenvalue weighted by Gasteiger charge is 2.27. The van der Waals surface area contributed by atoms with Gasteiger partial charge in [0.2, 0.25) is 0 Å². The van der Waals surface area contributed by atoms with Crippen LogP contribution >= 0.6 is 0 Å². The van der Waals surface area contributed by atoms with E-state index in [1.807, 2.05) is 16.9 Å². The van der Waals surface area contributed by atoms with Gasteiger partial charge in [-0.1, -0.05) is 12.8 Å². The Balaban J connectivity index is 1.70. The normalized spacial score (nSPS) is 15.5. The molecule has 1 saturated carbocycles. The zero-order chi connectivity index (χ0) is 20.4. The molecule has 0 saturated heterocycles. The quantitative estimate of drug-likeness (QED) is 0.656. The van der Waals surface area contributed by atoms with Gasteiger partial charge >= 0.3 is 6.03 Å². The van der Waals surface area contributed by atoms with Crippen LogP contribution in [0.1, 0.15) is 45.1 Å². The molecule has 1 aliphatic rings. The number of hydrogen-bond donors (Lipinski definition) is 0. The number of carbonyl (C=O) groups is 1. The fraction of sp³-hybridized carbons (Fsp3) is 0.429. The number of carbonyl (C=O) groups excluding carboxylic acids is 1. The SMILES string of the molecule is C[CH]N(C)C(=O)n1ccc2c(-c3cnn([C@H](CC#N)C4CCCC4)c3)ncnc21. The van der Waals surface area contributed by atoms with Gasteiger partial charge < -0.3 is 4.90 Å². The summed E-state index contributed by atoms with van der Waals surface area (Å²) in [5.41, 5.74) is 2.16. The first-order chi connectivity index (χ1) is 14.1. The Hall–Kier alpha value is -3.21. The van der Waals surface area contributed by atoms with Crippen LogP contribution in [0.3, 0.4) is 0 Å². The average molecular weight is 390 g/mol. The summed E-state index contributed by atoms with van der Waals surface area (Å²) in [5.74, 6) is 0.493. The second-order valence-corrected chi connectivity index (χ2v) is 7.48. The molecule has 3 heterocycles. The molecule has 1 atom stereocenters. The summed E-state index contributed by atoms with van der Waals surface area (Å²) in [6.45, 7) is 3.51. The van der Waals surface area contributed by atoms with Crippen molar-refractivity contribution >= 4 is 17.1 Å². The number of nitrogens with zero attached hydrogens (tertiary/aromatic N) is 7. The molecule has 1 radical (unpaired) electrons. The maximum atomic E-state index is 12.6. The van der Waals surface area contributed by atoms with E-state index in [4.69, 9.17) is 0 Å². The molecule has 4 rings (SSSR count). The fourth-order valence-corrected chi connectivity index (χ4v) is 4.17. The first-order valence-electron chi connectivity index (χ1n) is 9.94. The zero-order valence-electron chi connectivity index (χ0n) is 16.7. The summed E-state index contributed by atoms with van der Waals surface area (Å²) in [7, 11) is 1.71. The van der Waals surface area contributed by atoms with Crippen LogP contribution in [0.15, 0.2) is 31.0 Å². The Bertz CT molecular complexity index is 1050. The molecule has 8 nitrogen and oxygen atoms in total. The number of amides is 1. The molecule has 29 heavy (non-hydrogen) atoms. The Morgan fingerprint density at radius 3 is 2.93 bits per heavy atom. The van der Waals surface area contributed by atoms with Gasteiger partial charge in [0.25, 0.3) is 0 Å². The number of hydrogen-bond acceptors (Lipinski definition) is 5. The summed E-state index contributed by atoms with van der Waals surface area (Å²) in [5, 5.41) is 14.6. The first-order valence-corrected chi connectivity index (χ1v) is 9.94. The number of nitriles is 1. The Kier molecular flexibility index (Phi) is 5.30. The molecule has 0 N–H and O–H groups in total. The summed E-state index contributed by atoms with van der Waals surface area (Å²) >= 11 is 0. The van der Waals surface area contributed by atoms with Gasteiger partial charge in [0.1, 0.15) is 6.33 Å². The van der Waals surface area contributed by atoms with Crippen LogP contribution in [0.25, 0.3) is 22.3 Å². The molecule has 0 aliphatic heterocycles. The van der Waals surface area contributed by atoms with E-state index in [-0.39, 0.29) is 12.1 Å². The Morgan fingerprint density at radius 2 is 2.21 bits per heavy atom. The largest absolute Gasteiger partial charge is 0.329 e. The number of rotatable bonds is 5. The zero-order valence-corrected chi connectivity index (χ0v) is 16.7. The van der Waals surface area contributed by atoms with Crippen LogP contribution < -0.4 is 0 Å². The fourth-order valence-electron chi connectivity index (χ4n) is 4.17. The first kappa shape index (κ1) is 19.1. The highest BCUT2D eigenvalue weighted by atomic mass is 16.2. The third kappa shape index (κ3) is 3.48. The lowest BCUT2D eigenvalue weighted by atomic mass is 9.96. The van der Waals surface area contributed by atoms with Crippen LogP contribution in [0, 0.1) is 23.8 Å². The molecule has 1 amide bonds. The molecular weight excluding hydrogens is 366 g/mol. The lowest BCUT2D eigenvalue weighted by Crippen LogP contribution is -2.27. The van der Waals surface area contributed by atoms with Gasteiger partial charge in [-0.3, -0.25) is 9.25 Å². The summed E-state index contributed by atoms with van der Waals surface area (Å²) in [6.07, 6.45) is 12.1. The van der Waals surface area contributed by atoms with Crippen molar-refractivity contribution < 1.29 is 4.79 Å². The summed E-state index contributed by atoms with van der Waals surface area (Å²) < 4.78 is 3.44. The highest BCUT2D eigenvalue weighted by Crippen LogP contribution is 2.36. The van der Waals surface area contributed by atoms with Crippen molar-refractivity contribution in [3.05, 3.63) is 37.5 Å². The third-order valence-electron chi connectivity index (χ3n) is 5.84. The van der Waals surface area contributed by atoms with E-state index in [9.17, 15) is 10.1 Å². The van der Waals surface area contributed by atoms with Gasteiger partial charge in [0, 0.05) is 30.4 Å². The van der Waals surface area contributed by atoms with Crippen molar-refractivity contribution in [1.29, 1.82) is 5.26 Å². The average Bonchev–Trinajstić information content (AvgIpc) is 3.51. The van der Waals surface area contributed by atoms with Crippen LogP contribution in [0.5, 0.6) is 0 Å². The maximum absolute atomic E-state index is 12.6. The molecule has 1 aliphatic carbocycles. The van der Waals surface area contributed by atoms with Gasteiger partial charge in [-0.2, -0.15) is 10.4 Å². The molecule has 0 bridgehead atoms. The molecule has 1 fully saturated rings. The minimum Gasteiger partial charge on any atom is -0.322 e. The number of fused-ring (bicyclic) bond motifs is 1. The molecule has 149 valence electrons. The standard InChI is InChI=1S/C21H24N7O/c1-3-26(2)21(29)27-11-9-17-19(23-14-24-20(17)27)16-12-25-28(13-16)18(8-10-22)15-6-4-5-7-15/h3,9,11-15,18H,4-8H2,1-2H3/t18-/m1/s1. The van der Waals surface area contributed by atoms with Gasteiger partial charge in [-0.05, 0) is 31.7 Å². The van der Waals surface area contributed by atoms with E-state index in [0.29, 0.717) is 18.0 Å². The lowest BCUT2D eigenvalue weighted by molar-refractivity contribution is 0.220.